The number of halogens is 5. The van der Waals surface area contributed by atoms with Crippen LogP contribution < -0.4 is 0 Å². The van der Waals surface area contributed by atoms with Gasteiger partial charge in [0.15, 0.2) is 5.65 Å². The lowest BCUT2D eigenvalue weighted by molar-refractivity contribution is -0.137. The summed E-state index contributed by atoms with van der Waals surface area (Å²) in [6.07, 6.45) is -4.48. The number of alkyl halides is 3. The number of carboxylic acids is 1. The Bertz CT molecular complexity index is 1260. The number of carboxylic acid groups (broad SMARTS) is 1. The summed E-state index contributed by atoms with van der Waals surface area (Å²) in [6.45, 7) is 0. The fourth-order valence-electron chi connectivity index (χ4n) is 3.17. The van der Waals surface area contributed by atoms with E-state index in [0.29, 0.717) is 27.5 Å². The molecule has 0 aliphatic heterocycles. The van der Waals surface area contributed by atoms with E-state index in [1.165, 1.54) is 28.7 Å². The SMILES string of the molecule is O=C(O)c1ccc(Cl)n2c(-c3ccc(Cl)cc3)c(-c3ccc(C(F)(F)F)cc3)nc12. The van der Waals surface area contributed by atoms with Crippen LogP contribution in [0.5, 0.6) is 0 Å². The molecule has 0 amide bonds. The Morgan fingerprint density at radius 2 is 1.50 bits per heavy atom. The smallest absolute Gasteiger partial charge is 0.416 e. The third-order valence-corrected chi connectivity index (χ3v) is 5.10. The minimum Gasteiger partial charge on any atom is -0.478 e. The van der Waals surface area contributed by atoms with Crippen LogP contribution >= 0.6 is 23.2 Å². The molecule has 30 heavy (non-hydrogen) atoms. The van der Waals surface area contributed by atoms with E-state index < -0.39 is 17.7 Å². The Kier molecular flexibility index (Phi) is 4.95. The summed E-state index contributed by atoms with van der Waals surface area (Å²) in [6, 6.07) is 13.9. The largest absolute Gasteiger partial charge is 0.478 e. The first-order chi connectivity index (χ1) is 14.2. The van der Waals surface area contributed by atoms with Crippen LogP contribution in [0.2, 0.25) is 10.2 Å². The van der Waals surface area contributed by atoms with Crippen LogP contribution in [-0.2, 0) is 6.18 Å². The van der Waals surface area contributed by atoms with Gasteiger partial charge in [0.1, 0.15) is 10.7 Å². The number of aromatic nitrogens is 2. The van der Waals surface area contributed by atoms with Gasteiger partial charge in [0.25, 0.3) is 0 Å². The summed E-state index contributed by atoms with van der Waals surface area (Å²) in [5, 5.41) is 10.2. The van der Waals surface area contributed by atoms with Gasteiger partial charge in [-0.25, -0.2) is 9.78 Å². The van der Waals surface area contributed by atoms with Crippen LogP contribution in [0.4, 0.5) is 13.2 Å². The first-order valence-corrected chi connectivity index (χ1v) is 9.30. The number of fused-ring (bicyclic) bond motifs is 1. The monoisotopic (exact) mass is 450 g/mol. The number of nitrogens with zero attached hydrogens (tertiary/aromatic N) is 2. The summed E-state index contributed by atoms with van der Waals surface area (Å²) < 4.78 is 40.3. The molecule has 0 radical (unpaired) electrons. The van der Waals surface area contributed by atoms with E-state index in [-0.39, 0.29) is 16.4 Å². The Morgan fingerprint density at radius 1 is 0.900 bits per heavy atom. The van der Waals surface area contributed by atoms with Crippen molar-refractivity contribution < 1.29 is 23.1 Å². The lowest BCUT2D eigenvalue weighted by atomic mass is 10.0. The number of aromatic carboxylic acids is 1. The van der Waals surface area contributed by atoms with E-state index in [1.54, 1.807) is 24.3 Å². The summed E-state index contributed by atoms with van der Waals surface area (Å²) in [7, 11) is 0. The molecule has 4 rings (SSSR count). The highest BCUT2D eigenvalue weighted by molar-refractivity contribution is 6.31. The van der Waals surface area contributed by atoms with Crippen molar-refractivity contribution in [1.82, 2.24) is 9.38 Å². The van der Waals surface area contributed by atoms with Gasteiger partial charge in [-0.1, -0.05) is 47.5 Å². The Balaban J connectivity index is 2.04. The third-order valence-electron chi connectivity index (χ3n) is 4.55. The molecule has 0 saturated carbocycles. The van der Waals surface area contributed by atoms with Gasteiger partial charge >= 0.3 is 12.1 Å². The van der Waals surface area contributed by atoms with Crippen LogP contribution in [0.1, 0.15) is 15.9 Å². The van der Waals surface area contributed by atoms with Crippen molar-refractivity contribution in [3.63, 3.8) is 0 Å². The van der Waals surface area contributed by atoms with Gasteiger partial charge in [-0.15, -0.1) is 0 Å². The molecule has 0 spiro atoms. The number of pyridine rings is 1. The first kappa shape index (κ1) is 20.3. The summed E-state index contributed by atoms with van der Waals surface area (Å²) in [5.41, 5.74) is 0.918. The number of carbonyl (C=O) groups is 1. The maximum absolute atomic E-state index is 13.0. The lowest BCUT2D eigenvalue weighted by Crippen LogP contribution is -2.04. The van der Waals surface area contributed by atoms with Gasteiger partial charge < -0.3 is 5.11 Å². The zero-order valence-electron chi connectivity index (χ0n) is 14.9. The van der Waals surface area contributed by atoms with Crippen LogP contribution in [-0.4, -0.2) is 20.5 Å². The summed E-state index contributed by atoms with van der Waals surface area (Å²) in [4.78, 5) is 16.1. The highest BCUT2D eigenvalue weighted by Gasteiger charge is 2.30. The molecular formula is C21H11Cl2F3N2O2. The molecule has 1 N–H and O–H groups in total. The second-order valence-corrected chi connectivity index (χ2v) is 7.25. The molecule has 2 heterocycles. The van der Waals surface area contributed by atoms with Crippen LogP contribution in [0.3, 0.4) is 0 Å². The number of hydrogen-bond acceptors (Lipinski definition) is 2. The molecule has 0 bridgehead atoms. The molecule has 0 fully saturated rings. The molecule has 0 aliphatic rings. The molecule has 0 saturated heterocycles. The molecule has 2 aromatic heterocycles. The van der Waals surface area contributed by atoms with Gasteiger partial charge in [0.05, 0.1) is 17.0 Å². The van der Waals surface area contributed by atoms with Crippen molar-refractivity contribution in [2.45, 2.75) is 6.18 Å². The second-order valence-electron chi connectivity index (χ2n) is 6.42. The number of imidazole rings is 1. The van der Waals surface area contributed by atoms with Gasteiger partial charge in [-0.3, -0.25) is 4.40 Å². The minimum absolute atomic E-state index is 0.0786. The van der Waals surface area contributed by atoms with Crippen molar-refractivity contribution in [2.24, 2.45) is 0 Å². The second kappa shape index (κ2) is 7.34. The Labute approximate surface area is 178 Å². The number of rotatable bonds is 3. The molecule has 4 aromatic rings. The average Bonchev–Trinajstić information content (AvgIpc) is 3.09. The fraction of sp³-hybridized carbons (Fsp3) is 0.0476. The summed E-state index contributed by atoms with van der Waals surface area (Å²) in [5.74, 6) is -1.21. The molecule has 0 atom stereocenters. The quantitative estimate of drug-likeness (QED) is 0.353. The third kappa shape index (κ3) is 3.51. The topological polar surface area (TPSA) is 54.6 Å². The predicted molar refractivity (Wildman–Crippen MR) is 108 cm³/mol. The Hall–Kier alpha value is -3.03. The van der Waals surface area contributed by atoms with Crippen LogP contribution in [0.15, 0.2) is 60.7 Å². The van der Waals surface area contributed by atoms with Gasteiger partial charge in [-0.05, 0) is 36.4 Å². The summed E-state index contributed by atoms with van der Waals surface area (Å²) >= 11 is 12.3. The molecule has 152 valence electrons. The van der Waals surface area contributed by atoms with Crippen molar-refractivity contribution in [3.8, 4) is 22.5 Å². The van der Waals surface area contributed by atoms with E-state index in [2.05, 4.69) is 4.98 Å². The molecule has 0 aliphatic carbocycles. The zero-order chi connectivity index (χ0) is 21.6. The number of hydrogen-bond donors (Lipinski definition) is 1. The van der Waals surface area contributed by atoms with E-state index in [0.717, 1.165) is 12.1 Å². The minimum atomic E-state index is -4.48. The fourth-order valence-corrected chi connectivity index (χ4v) is 3.52. The first-order valence-electron chi connectivity index (χ1n) is 8.54. The highest BCUT2D eigenvalue weighted by atomic mass is 35.5. The molecule has 4 nitrogen and oxygen atoms in total. The number of benzene rings is 2. The van der Waals surface area contributed by atoms with E-state index in [4.69, 9.17) is 23.2 Å². The van der Waals surface area contributed by atoms with Crippen molar-refractivity contribution >= 4 is 34.8 Å². The molecule has 2 aromatic carbocycles. The van der Waals surface area contributed by atoms with Crippen molar-refractivity contribution in [3.05, 3.63) is 82.0 Å². The van der Waals surface area contributed by atoms with E-state index >= 15 is 0 Å². The normalized spacial score (nSPS) is 11.8. The van der Waals surface area contributed by atoms with E-state index in [1.807, 2.05) is 0 Å². The van der Waals surface area contributed by atoms with Gasteiger partial charge in [0, 0.05) is 16.1 Å². The lowest BCUT2D eigenvalue weighted by Gasteiger charge is -2.10. The Morgan fingerprint density at radius 3 is 2.07 bits per heavy atom. The maximum atomic E-state index is 13.0. The van der Waals surface area contributed by atoms with E-state index in [9.17, 15) is 23.1 Å². The van der Waals surface area contributed by atoms with Crippen molar-refractivity contribution in [2.75, 3.05) is 0 Å². The average molecular weight is 451 g/mol. The van der Waals surface area contributed by atoms with Crippen LogP contribution in [0.25, 0.3) is 28.2 Å². The van der Waals surface area contributed by atoms with Gasteiger partial charge in [0.2, 0.25) is 0 Å². The predicted octanol–water partition coefficient (Wildman–Crippen LogP) is 6.69. The highest BCUT2D eigenvalue weighted by Crippen LogP contribution is 2.37. The molecule has 0 unspecified atom stereocenters. The van der Waals surface area contributed by atoms with Gasteiger partial charge in [-0.2, -0.15) is 13.2 Å². The zero-order valence-corrected chi connectivity index (χ0v) is 16.4. The van der Waals surface area contributed by atoms with Crippen LogP contribution in [0, 0.1) is 0 Å². The van der Waals surface area contributed by atoms with Crippen molar-refractivity contribution in [1.29, 1.82) is 0 Å². The standard InChI is InChI=1S/C21H11Cl2F3N2O2/c22-14-7-3-12(4-8-14)18-17(11-1-5-13(6-2-11)21(24,25)26)27-19-15(20(29)30)9-10-16(23)28(18)19/h1-10H,(H,29,30). The molecule has 9 heteroatoms. The molecular weight excluding hydrogens is 440 g/mol. The maximum Gasteiger partial charge on any atom is 0.416 e.